The Morgan fingerprint density at radius 1 is 1.35 bits per heavy atom. The highest BCUT2D eigenvalue weighted by Crippen LogP contribution is 2.16. The van der Waals surface area contributed by atoms with Crippen LogP contribution in [0.1, 0.15) is 30.9 Å². The van der Waals surface area contributed by atoms with Gasteiger partial charge in [0.05, 0.1) is 18.1 Å². The minimum absolute atomic E-state index is 0.300. The van der Waals surface area contributed by atoms with Crippen molar-refractivity contribution in [2.45, 2.75) is 19.8 Å². The fraction of sp³-hybridized carbons (Fsp3) is 0.214. The zero-order valence-corrected chi connectivity index (χ0v) is 12.8. The number of aromatic amines is 1. The third kappa shape index (κ3) is 3.54. The van der Waals surface area contributed by atoms with Gasteiger partial charge in [0.15, 0.2) is 0 Å². The SMILES string of the molecule is CC(C)c1ccc(C=NNc2cn[nH]c(=O)c2Br)cc1. The molecule has 2 N–H and O–H groups in total. The molecule has 0 spiro atoms. The number of nitrogens with one attached hydrogen (secondary N) is 2. The van der Waals surface area contributed by atoms with Crippen LogP contribution in [-0.2, 0) is 0 Å². The first-order chi connectivity index (χ1) is 9.58. The first-order valence-electron chi connectivity index (χ1n) is 6.20. The standard InChI is InChI=1S/C14H15BrN4O/c1-9(2)11-5-3-10(4-6-11)7-16-18-12-8-17-19-14(20)13(12)15/h3-9H,1-2H3,(H2,18,19,20). The molecule has 0 aliphatic heterocycles. The van der Waals surface area contributed by atoms with E-state index in [0.717, 1.165) is 5.56 Å². The number of benzene rings is 1. The highest BCUT2D eigenvalue weighted by Gasteiger charge is 2.02. The van der Waals surface area contributed by atoms with Crippen LogP contribution in [0.4, 0.5) is 5.69 Å². The number of hydrogen-bond acceptors (Lipinski definition) is 4. The molecule has 0 amide bonds. The molecule has 1 heterocycles. The molecule has 0 saturated carbocycles. The quantitative estimate of drug-likeness (QED) is 0.666. The van der Waals surface area contributed by atoms with Crippen LogP contribution in [0.3, 0.4) is 0 Å². The van der Waals surface area contributed by atoms with Crippen molar-refractivity contribution in [2.24, 2.45) is 5.10 Å². The third-order valence-corrected chi connectivity index (χ3v) is 3.58. The second-order valence-corrected chi connectivity index (χ2v) is 5.41. The lowest BCUT2D eigenvalue weighted by molar-refractivity contribution is 0.866. The second-order valence-electron chi connectivity index (χ2n) is 4.62. The topological polar surface area (TPSA) is 70.1 Å². The van der Waals surface area contributed by atoms with Crippen molar-refractivity contribution in [3.63, 3.8) is 0 Å². The van der Waals surface area contributed by atoms with E-state index in [4.69, 9.17) is 0 Å². The molecule has 5 nitrogen and oxygen atoms in total. The van der Waals surface area contributed by atoms with Crippen molar-refractivity contribution in [2.75, 3.05) is 5.43 Å². The van der Waals surface area contributed by atoms with Crippen LogP contribution >= 0.6 is 15.9 Å². The minimum Gasteiger partial charge on any atom is -0.275 e. The molecular formula is C14H15BrN4O. The lowest BCUT2D eigenvalue weighted by Crippen LogP contribution is -2.10. The Morgan fingerprint density at radius 2 is 2.05 bits per heavy atom. The number of aromatic nitrogens is 2. The molecule has 2 rings (SSSR count). The number of H-pyrrole nitrogens is 1. The van der Waals surface area contributed by atoms with E-state index >= 15 is 0 Å². The van der Waals surface area contributed by atoms with Crippen LogP contribution in [0, 0.1) is 0 Å². The molecule has 0 bridgehead atoms. The summed E-state index contributed by atoms with van der Waals surface area (Å²) in [5, 5.41) is 10.1. The van der Waals surface area contributed by atoms with E-state index in [1.807, 2.05) is 12.1 Å². The van der Waals surface area contributed by atoms with E-state index in [-0.39, 0.29) is 5.56 Å². The molecule has 6 heteroatoms. The molecule has 0 unspecified atom stereocenters. The maximum atomic E-state index is 11.3. The van der Waals surface area contributed by atoms with Gasteiger partial charge in [-0.1, -0.05) is 38.1 Å². The van der Waals surface area contributed by atoms with Crippen LogP contribution in [0.2, 0.25) is 0 Å². The van der Waals surface area contributed by atoms with Crippen molar-refractivity contribution in [3.8, 4) is 0 Å². The first kappa shape index (κ1) is 14.5. The molecule has 1 aromatic heterocycles. The van der Waals surface area contributed by atoms with Gasteiger partial charge in [0.2, 0.25) is 0 Å². The predicted octanol–water partition coefficient (Wildman–Crippen LogP) is 3.10. The number of halogens is 1. The Hall–Kier alpha value is -1.95. The number of rotatable bonds is 4. The monoisotopic (exact) mass is 334 g/mol. The van der Waals surface area contributed by atoms with Crippen LogP contribution < -0.4 is 11.0 Å². The van der Waals surface area contributed by atoms with E-state index in [1.165, 1.54) is 11.8 Å². The van der Waals surface area contributed by atoms with Gasteiger partial charge in [-0.05, 0) is 33.0 Å². The molecule has 0 radical (unpaired) electrons. The molecule has 0 fully saturated rings. The van der Waals surface area contributed by atoms with E-state index in [2.05, 4.69) is 62.6 Å². The summed E-state index contributed by atoms with van der Waals surface area (Å²) in [5.74, 6) is 0.511. The maximum Gasteiger partial charge on any atom is 0.280 e. The number of hydrazone groups is 1. The molecular weight excluding hydrogens is 320 g/mol. The summed E-state index contributed by atoms with van der Waals surface area (Å²) in [6.07, 6.45) is 3.18. The largest absolute Gasteiger partial charge is 0.280 e. The zero-order valence-electron chi connectivity index (χ0n) is 11.2. The average molecular weight is 335 g/mol. The highest BCUT2D eigenvalue weighted by atomic mass is 79.9. The van der Waals surface area contributed by atoms with Gasteiger partial charge in [-0.3, -0.25) is 10.2 Å². The summed E-state index contributed by atoms with van der Waals surface area (Å²) in [4.78, 5) is 11.3. The van der Waals surface area contributed by atoms with Gasteiger partial charge >= 0.3 is 0 Å². The molecule has 2 aromatic rings. The molecule has 0 aliphatic rings. The van der Waals surface area contributed by atoms with Crippen LogP contribution in [0.15, 0.2) is 44.8 Å². The zero-order chi connectivity index (χ0) is 14.5. The minimum atomic E-state index is -0.300. The molecule has 0 saturated heterocycles. The smallest absolute Gasteiger partial charge is 0.275 e. The fourth-order valence-electron chi connectivity index (χ4n) is 1.60. The van der Waals surface area contributed by atoms with Crippen molar-refractivity contribution in [1.29, 1.82) is 0 Å². The van der Waals surface area contributed by atoms with Gasteiger partial charge in [0, 0.05) is 0 Å². The van der Waals surface area contributed by atoms with E-state index in [1.54, 1.807) is 6.21 Å². The number of hydrogen-bond donors (Lipinski definition) is 2. The van der Waals surface area contributed by atoms with Gasteiger partial charge in [-0.15, -0.1) is 0 Å². The average Bonchev–Trinajstić information content (AvgIpc) is 2.44. The molecule has 104 valence electrons. The summed E-state index contributed by atoms with van der Waals surface area (Å²) in [7, 11) is 0. The van der Waals surface area contributed by atoms with E-state index in [9.17, 15) is 4.79 Å². The third-order valence-electron chi connectivity index (χ3n) is 2.80. The van der Waals surface area contributed by atoms with Gasteiger partial charge in [-0.25, -0.2) is 5.10 Å². The Morgan fingerprint density at radius 3 is 2.70 bits per heavy atom. The second kappa shape index (κ2) is 6.47. The summed E-state index contributed by atoms with van der Waals surface area (Å²) in [6.45, 7) is 4.31. The Bertz CT molecular complexity index is 662. The molecule has 20 heavy (non-hydrogen) atoms. The lowest BCUT2D eigenvalue weighted by atomic mass is 10.0. The lowest BCUT2D eigenvalue weighted by Gasteiger charge is -2.04. The Kier molecular flexibility index (Phi) is 4.68. The van der Waals surface area contributed by atoms with Crippen LogP contribution in [0.5, 0.6) is 0 Å². The van der Waals surface area contributed by atoms with Gasteiger partial charge in [0.1, 0.15) is 4.47 Å². The summed E-state index contributed by atoms with van der Waals surface area (Å²) in [6, 6.07) is 8.17. The molecule has 0 aliphatic carbocycles. The van der Waals surface area contributed by atoms with Crippen molar-refractivity contribution >= 4 is 27.8 Å². The summed E-state index contributed by atoms with van der Waals surface area (Å²) in [5.41, 5.74) is 5.27. The molecule has 0 atom stereocenters. The van der Waals surface area contributed by atoms with Crippen LogP contribution in [0.25, 0.3) is 0 Å². The summed E-state index contributed by atoms with van der Waals surface area (Å²) < 4.78 is 0.375. The Labute approximate surface area is 125 Å². The Balaban J connectivity index is 2.06. The predicted molar refractivity (Wildman–Crippen MR) is 84.3 cm³/mol. The number of nitrogens with zero attached hydrogens (tertiary/aromatic N) is 2. The number of anilines is 1. The van der Waals surface area contributed by atoms with Crippen molar-refractivity contribution in [3.05, 3.63) is 56.4 Å². The van der Waals surface area contributed by atoms with Crippen molar-refractivity contribution in [1.82, 2.24) is 10.2 Å². The van der Waals surface area contributed by atoms with Crippen molar-refractivity contribution < 1.29 is 0 Å². The fourth-order valence-corrected chi connectivity index (χ4v) is 1.88. The van der Waals surface area contributed by atoms with Gasteiger partial charge in [-0.2, -0.15) is 10.2 Å². The highest BCUT2D eigenvalue weighted by molar-refractivity contribution is 9.10. The first-order valence-corrected chi connectivity index (χ1v) is 6.99. The van der Waals surface area contributed by atoms with Gasteiger partial charge in [0.25, 0.3) is 5.56 Å². The summed E-state index contributed by atoms with van der Waals surface area (Å²) >= 11 is 3.17. The van der Waals surface area contributed by atoms with Crippen LogP contribution in [-0.4, -0.2) is 16.4 Å². The normalized spacial score (nSPS) is 11.2. The molecule has 1 aromatic carbocycles. The van der Waals surface area contributed by atoms with E-state index < -0.39 is 0 Å². The van der Waals surface area contributed by atoms with E-state index in [0.29, 0.717) is 16.1 Å². The maximum absolute atomic E-state index is 11.3. The van der Waals surface area contributed by atoms with Gasteiger partial charge < -0.3 is 0 Å².